The Labute approximate surface area is 174 Å². The molecule has 2 heteroatoms. The van der Waals surface area contributed by atoms with E-state index in [4.69, 9.17) is 9.47 Å². The molecule has 1 unspecified atom stereocenters. The standard InChI is InChI=1S/C26H44O2/c1-4-7-9-10-11-12-14-22-20-27-26(28-21-22)25-18-16-24(17-19-25)23(13-6-3)15-8-5-2/h16-19,22-23,26H,4-15,20-21H2,1-3H3. The molecule has 28 heavy (non-hydrogen) atoms. The Balaban J connectivity index is 1.73. The SMILES string of the molecule is CCCCCCCCC1COC(c2ccc(C(CCC)CCCC)cc2)OC1. The molecule has 2 rings (SSSR count). The van der Waals surface area contributed by atoms with Crippen LogP contribution in [0.15, 0.2) is 24.3 Å². The minimum Gasteiger partial charge on any atom is -0.348 e. The fourth-order valence-corrected chi connectivity index (χ4v) is 4.32. The van der Waals surface area contributed by atoms with Crippen LogP contribution in [-0.2, 0) is 9.47 Å². The third kappa shape index (κ3) is 8.25. The largest absolute Gasteiger partial charge is 0.348 e. The number of hydrogen-bond acceptors (Lipinski definition) is 2. The smallest absolute Gasteiger partial charge is 0.183 e. The van der Waals surface area contributed by atoms with E-state index in [0.29, 0.717) is 11.8 Å². The summed E-state index contributed by atoms with van der Waals surface area (Å²) >= 11 is 0. The van der Waals surface area contributed by atoms with E-state index in [-0.39, 0.29) is 6.29 Å². The van der Waals surface area contributed by atoms with E-state index in [2.05, 4.69) is 45.0 Å². The van der Waals surface area contributed by atoms with Crippen LogP contribution in [0.1, 0.15) is 121 Å². The fraction of sp³-hybridized carbons (Fsp3) is 0.769. The molecule has 0 saturated carbocycles. The van der Waals surface area contributed by atoms with Crippen LogP contribution in [0, 0.1) is 5.92 Å². The Morgan fingerprint density at radius 1 is 0.750 bits per heavy atom. The highest BCUT2D eigenvalue weighted by molar-refractivity contribution is 5.26. The second kappa shape index (κ2) is 14.2. The first-order valence-electron chi connectivity index (χ1n) is 12.1. The van der Waals surface area contributed by atoms with Crippen molar-refractivity contribution in [3.8, 4) is 0 Å². The van der Waals surface area contributed by atoms with E-state index >= 15 is 0 Å². The Bertz CT molecular complexity index is 488. The lowest BCUT2D eigenvalue weighted by Crippen LogP contribution is -2.27. The number of rotatable bonds is 14. The van der Waals surface area contributed by atoms with Gasteiger partial charge in [-0.1, -0.05) is 103 Å². The quantitative estimate of drug-likeness (QED) is 0.299. The lowest BCUT2D eigenvalue weighted by atomic mass is 9.89. The molecule has 1 aliphatic heterocycles. The number of hydrogen-bond donors (Lipinski definition) is 0. The molecule has 1 aromatic rings. The maximum atomic E-state index is 6.06. The van der Waals surface area contributed by atoms with Crippen molar-refractivity contribution >= 4 is 0 Å². The molecule has 1 aliphatic rings. The summed E-state index contributed by atoms with van der Waals surface area (Å²) in [6.07, 6.45) is 15.7. The van der Waals surface area contributed by atoms with Crippen LogP contribution in [0.3, 0.4) is 0 Å². The van der Waals surface area contributed by atoms with Crippen LogP contribution in [0.4, 0.5) is 0 Å². The van der Waals surface area contributed by atoms with Gasteiger partial charge in [-0.25, -0.2) is 0 Å². The molecule has 1 heterocycles. The van der Waals surface area contributed by atoms with E-state index in [1.165, 1.54) is 88.2 Å². The second-order valence-corrected chi connectivity index (χ2v) is 8.72. The number of unbranched alkanes of at least 4 members (excludes halogenated alkanes) is 6. The molecule has 160 valence electrons. The summed E-state index contributed by atoms with van der Waals surface area (Å²) in [5.74, 6) is 1.28. The Kier molecular flexibility index (Phi) is 11.9. The lowest BCUT2D eigenvalue weighted by Gasteiger charge is -2.30. The number of benzene rings is 1. The molecule has 0 bridgehead atoms. The Morgan fingerprint density at radius 2 is 1.39 bits per heavy atom. The van der Waals surface area contributed by atoms with Gasteiger partial charge in [0.25, 0.3) is 0 Å². The summed E-state index contributed by atoms with van der Waals surface area (Å²) in [5, 5.41) is 0. The van der Waals surface area contributed by atoms with Gasteiger partial charge in [0.15, 0.2) is 6.29 Å². The summed E-state index contributed by atoms with van der Waals surface area (Å²) in [6, 6.07) is 9.06. The predicted molar refractivity (Wildman–Crippen MR) is 120 cm³/mol. The average Bonchev–Trinajstić information content (AvgIpc) is 2.74. The van der Waals surface area contributed by atoms with Crippen molar-refractivity contribution in [2.75, 3.05) is 13.2 Å². The molecule has 0 aliphatic carbocycles. The van der Waals surface area contributed by atoms with Gasteiger partial charge in [-0.3, -0.25) is 0 Å². The highest BCUT2D eigenvalue weighted by atomic mass is 16.7. The molecule has 1 atom stereocenters. The maximum Gasteiger partial charge on any atom is 0.183 e. The van der Waals surface area contributed by atoms with Gasteiger partial charge in [0, 0.05) is 11.5 Å². The normalized spacial score (nSPS) is 21.0. The first-order valence-corrected chi connectivity index (χ1v) is 12.1. The minimum atomic E-state index is -0.171. The van der Waals surface area contributed by atoms with E-state index < -0.39 is 0 Å². The molecule has 0 radical (unpaired) electrons. The Morgan fingerprint density at radius 3 is 2.04 bits per heavy atom. The van der Waals surface area contributed by atoms with E-state index in [1.807, 2.05) is 0 Å². The van der Waals surface area contributed by atoms with E-state index in [1.54, 1.807) is 0 Å². The van der Waals surface area contributed by atoms with E-state index in [0.717, 1.165) is 13.2 Å². The summed E-state index contributed by atoms with van der Waals surface area (Å²) in [6.45, 7) is 8.53. The van der Waals surface area contributed by atoms with Gasteiger partial charge in [0.1, 0.15) is 0 Å². The van der Waals surface area contributed by atoms with Crippen LogP contribution in [-0.4, -0.2) is 13.2 Å². The summed E-state index contributed by atoms with van der Waals surface area (Å²) in [4.78, 5) is 0. The van der Waals surface area contributed by atoms with Gasteiger partial charge >= 0.3 is 0 Å². The monoisotopic (exact) mass is 388 g/mol. The van der Waals surface area contributed by atoms with Gasteiger partial charge in [0.2, 0.25) is 0 Å². The predicted octanol–water partition coefficient (Wildman–Crippen LogP) is 8.17. The maximum absolute atomic E-state index is 6.06. The highest BCUT2D eigenvalue weighted by Crippen LogP contribution is 2.31. The zero-order chi connectivity index (χ0) is 20.0. The molecule has 0 aromatic heterocycles. The van der Waals surface area contributed by atoms with Crippen molar-refractivity contribution in [3.05, 3.63) is 35.4 Å². The fourth-order valence-electron chi connectivity index (χ4n) is 4.32. The zero-order valence-corrected chi connectivity index (χ0v) is 18.8. The van der Waals surface area contributed by atoms with Crippen LogP contribution < -0.4 is 0 Å². The first kappa shape index (κ1) is 23.4. The van der Waals surface area contributed by atoms with Gasteiger partial charge in [-0.15, -0.1) is 0 Å². The average molecular weight is 389 g/mol. The molecule has 1 aromatic carbocycles. The molecule has 1 saturated heterocycles. The summed E-state index contributed by atoms with van der Waals surface area (Å²) < 4.78 is 12.1. The highest BCUT2D eigenvalue weighted by Gasteiger charge is 2.23. The van der Waals surface area contributed by atoms with Crippen molar-refractivity contribution in [3.63, 3.8) is 0 Å². The second-order valence-electron chi connectivity index (χ2n) is 8.72. The molecular weight excluding hydrogens is 344 g/mol. The molecule has 0 amide bonds. The van der Waals surface area contributed by atoms with Crippen molar-refractivity contribution in [2.45, 2.75) is 110 Å². The van der Waals surface area contributed by atoms with Gasteiger partial charge in [-0.2, -0.15) is 0 Å². The molecule has 1 fully saturated rings. The third-order valence-corrected chi connectivity index (χ3v) is 6.16. The van der Waals surface area contributed by atoms with Gasteiger partial charge < -0.3 is 9.47 Å². The van der Waals surface area contributed by atoms with Crippen LogP contribution >= 0.6 is 0 Å². The zero-order valence-electron chi connectivity index (χ0n) is 18.8. The van der Waals surface area contributed by atoms with E-state index in [9.17, 15) is 0 Å². The lowest BCUT2D eigenvalue weighted by molar-refractivity contribution is -0.206. The summed E-state index contributed by atoms with van der Waals surface area (Å²) in [5.41, 5.74) is 2.66. The topological polar surface area (TPSA) is 18.5 Å². The molecule has 0 spiro atoms. The van der Waals surface area contributed by atoms with Gasteiger partial charge in [0.05, 0.1) is 13.2 Å². The number of ether oxygens (including phenoxy) is 2. The van der Waals surface area contributed by atoms with Crippen molar-refractivity contribution in [2.24, 2.45) is 5.92 Å². The van der Waals surface area contributed by atoms with Crippen molar-refractivity contribution in [1.82, 2.24) is 0 Å². The van der Waals surface area contributed by atoms with Crippen LogP contribution in [0.25, 0.3) is 0 Å². The van der Waals surface area contributed by atoms with Crippen LogP contribution in [0.2, 0.25) is 0 Å². The minimum absolute atomic E-state index is 0.171. The van der Waals surface area contributed by atoms with Crippen LogP contribution in [0.5, 0.6) is 0 Å². The molecule has 0 N–H and O–H groups in total. The van der Waals surface area contributed by atoms with Gasteiger partial charge in [-0.05, 0) is 30.7 Å². The Hall–Kier alpha value is -0.860. The first-order chi connectivity index (χ1) is 13.8. The molecule has 2 nitrogen and oxygen atoms in total. The molecular formula is C26H44O2. The third-order valence-electron chi connectivity index (χ3n) is 6.16. The van der Waals surface area contributed by atoms with Crippen molar-refractivity contribution < 1.29 is 9.47 Å². The van der Waals surface area contributed by atoms with Crippen molar-refractivity contribution in [1.29, 1.82) is 0 Å². The summed E-state index contributed by atoms with van der Waals surface area (Å²) in [7, 11) is 0.